The van der Waals surface area contributed by atoms with Crippen LogP contribution in [-0.4, -0.2) is 23.5 Å². The van der Waals surface area contributed by atoms with Gasteiger partial charge in [-0.1, -0.05) is 12.2 Å². The molecule has 26 heavy (non-hydrogen) atoms. The van der Waals surface area contributed by atoms with Crippen LogP contribution in [0.15, 0.2) is 12.2 Å². The fourth-order valence-electron chi connectivity index (χ4n) is 8.47. The summed E-state index contributed by atoms with van der Waals surface area (Å²) in [7, 11) is 0. The van der Waals surface area contributed by atoms with Gasteiger partial charge in [-0.25, -0.2) is 0 Å². The number of hydrogen-bond acceptors (Lipinski definition) is 2. The maximum Gasteiger partial charge on any atom is 0.307 e. The van der Waals surface area contributed by atoms with E-state index in [2.05, 4.69) is 17.5 Å². The van der Waals surface area contributed by atoms with Gasteiger partial charge in [0.15, 0.2) is 0 Å². The summed E-state index contributed by atoms with van der Waals surface area (Å²) in [5.74, 6) is 2.37. The van der Waals surface area contributed by atoms with Crippen LogP contribution in [0.25, 0.3) is 0 Å². The van der Waals surface area contributed by atoms with E-state index in [0.29, 0.717) is 17.3 Å². The van der Waals surface area contributed by atoms with Crippen molar-refractivity contribution in [2.24, 2.45) is 58.7 Å². The molecule has 0 spiro atoms. The fourth-order valence-corrected chi connectivity index (χ4v) is 8.47. The molecule has 1 amide bonds. The first-order valence-electron chi connectivity index (χ1n) is 10.7. The van der Waals surface area contributed by atoms with Gasteiger partial charge in [-0.2, -0.15) is 0 Å². The molecule has 0 radical (unpaired) electrons. The molecule has 8 aliphatic rings. The molecule has 0 saturated heterocycles. The van der Waals surface area contributed by atoms with Crippen LogP contribution in [0.4, 0.5) is 0 Å². The Kier molecular flexibility index (Phi) is 3.11. The van der Waals surface area contributed by atoms with E-state index in [1.165, 1.54) is 38.5 Å². The zero-order valence-electron chi connectivity index (χ0n) is 15.3. The Morgan fingerprint density at radius 1 is 0.885 bits per heavy atom. The number of allylic oxidation sites excluding steroid dienone is 2. The van der Waals surface area contributed by atoms with E-state index in [-0.39, 0.29) is 23.7 Å². The van der Waals surface area contributed by atoms with Gasteiger partial charge in [-0.05, 0) is 91.8 Å². The molecule has 0 heterocycles. The molecule has 6 saturated carbocycles. The van der Waals surface area contributed by atoms with Crippen LogP contribution < -0.4 is 5.32 Å². The Morgan fingerprint density at radius 2 is 1.42 bits per heavy atom. The van der Waals surface area contributed by atoms with Crippen molar-refractivity contribution in [1.29, 1.82) is 0 Å². The third-order valence-electron chi connectivity index (χ3n) is 9.04. The highest BCUT2D eigenvalue weighted by molar-refractivity contribution is 5.86. The second-order valence-corrected chi connectivity index (χ2v) is 10.6. The number of fused-ring (bicyclic) bond motifs is 1. The minimum absolute atomic E-state index is 0.0258. The van der Waals surface area contributed by atoms with E-state index in [4.69, 9.17) is 0 Å². The summed E-state index contributed by atoms with van der Waals surface area (Å²) in [6.45, 7) is 0.785. The lowest BCUT2D eigenvalue weighted by molar-refractivity contribution is -0.153. The molecule has 2 N–H and O–H groups in total. The van der Waals surface area contributed by atoms with Gasteiger partial charge in [0, 0.05) is 6.54 Å². The van der Waals surface area contributed by atoms with Gasteiger partial charge in [-0.15, -0.1) is 0 Å². The van der Waals surface area contributed by atoms with Crippen LogP contribution in [0.5, 0.6) is 0 Å². The van der Waals surface area contributed by atoms with Gasteiger partial charge < -0.3 is 10.4 Å². The summed E-state index contributed by atoms with van der Waals surface area (Å²) in [6.07, 6.45) is 13.4. The molecule has 0 aromatic heterocycles. The van der Waals surface area contributed by atoms with Crippen molar-refractivity contribution in [2.45, 2.75) is 44.9 Å². The zero-order chi connectivity index (χ0) is 17.6. The smallest absolute Gasteiger partial charge is 0.307 e. The number of hydrogen-bond donors (Lipinski definition) is 2. The van der Waals surface area contributed by atoms with Crippen LogP contribution in [0.1, 0.15) is 44.9 Å². The summed E-state index contributed by atoms with van der Waals surface area (Å²) < 4.78 is 0. The Labute approximate surface area is 154 Å². The predicted octanol–water partition coefficient (Wildman–Crippen LogP) is 3.09. The number of rotatable bonds is 4. The van der Waals surface area contributed by atoms with Gasteiger partial charge in [0.25, 0.3) is 0 Å². The molecule has 0 aromatic rings. The number of aliphatic carboxylic acids is 1. The summed E-state index contributed by atoms with van der Waals surface area (Å²) in [4.78, 5) is 25.1. The molecule has 4 nitrogen and oxygen atoms in total. The molecule has 8 rings (SSSR count). The minimum atomic E-state index is -0.773. The lowest BCUT2D eigenvalue weighted by atomic mass is 9.49. The molecule has 6 fully saturated rings. The van der Waals surface area contributed by atoms with Gasteiger partial charge in [0.1, 0.15) is 0 Å². The third kappa shape index (κ3) is 2.13. The molecule has 0 aliphatic heterocycles. The van der Waals surface area contributed by atoms with Crippen molar-refractivity contribution >= 4 is 11.9 Å². The van der Waals surface area contributed by atoms with Gasteiger partial charge >= 0.3 is 5.97 Å². The number of carbonyl (C=O) groups excluding carboxylic acids is 1. The lowest BCUT2D eigenvalue weighted by Gasteiger charge is -2.57. The molecule has 0 unspecified atom stereocenters. The van der Waals surface area contributed by atoms with Crippen LogP contribution in [0, 0.1) is 58.7 Å². The Balaban J connectivity index is 1.19. The maximum absolute atomic E-state index is 13.2. The molecular formula is C22H29NO3. The normalized spacial score (nSPS) is 54.8. The van der Waals surface area contributed by atoms with Crippen LogP contribution >= 0.6 is 0 Å². The number of carboxylic acids is 1. The number of amides is 1. The summed E-state index contributed by atoms with van der Waals surface area (Å²) in [5, 5.41) is 13.1. The summed E-state index contributed by atoms with van der Waals surface area (Å²) in [6, 6.07) is 0. The van der Waals surface area contributed by atoms with Gasteiger partial charge in [-0.3, -0.25) is 9.59 Å². The van der Waals surface area contributed by atoms with E-state index >= 15 is 0 Å². The van der Waals surface area contributed by atoms with E-state index in [0.717, 1.165) is 30.7 Å². The third-order valence-corrected chi connectivity index (χ3v) is 9.04. The van der Waals surface area contributed by atoms with Crippen molar-refractivity contribution in [1.82, 2.24) is 5.32 Å². The lowest BCUT2D eigenvalue weighted by Crippen LogP contribution is -2.54. The van der Waals surface area contributed by atoms with E-state index in [1.54, 1.807) is 0 Å². The highest BCUT2D eigenvalue weighted by Crippen LogP contribution is 2.64. The van der Waals surface area contributed by atoms with E-state index in [1.807, 2.05) is 0 Å². The average molecular weight is 355 g/mol. The maximum atomic E-state index is 13.2. The first-order valence-corrected chi connectivity index (χ1v) is 10.7. The Hall–Kier alpha value is -1.32. The van der Waals surface area contributed by atoms with Crippen molar-refractivity contribution in [3.63, 3.8) is 0 Å². The fraction of sp³-hybridized carbons (Fsp3) is 0.818. The highest BCUT2D eigenvalue weighted by Gasteiger charge is 2.63. The van der Waals surface area contributed by atoms with Crippen molar-refractivity contribution in [3.05, 3.63) is 12.2 Å². The monoisotopic (exact) mass is 355 g/mol. The first kappa shape index (κ1) is 15.7. The van der Waals surface area contributed by atoms with Crippen LogP contribution in [-0.2, 0) is 9.59 Å². The highest BCUT2D eigenvalue weighted by atomic mass is 16.4. The van der Waals surface area contributed by atoms with Gasteiger partial charge in [0.05, 0.1) is 11.8 Å². The molecule has 6 atom stereocenters. The van der Waals surface area contributed by atoms with Crippen LogP contribution in [0.2, 0.25) is 0 Å². The number of carbonyl (C=O) groups is 2. The Bertz CT molecular complexity index is 662. The number of nitrogens with one attached hydrogen (secondary N) is 1. The molecule has 8 aliphatic carbocycles. The summed E-state index contributed by atoms with van der Waals surface area (Å²) in [5.41, 5.74) is 0.314. The standard InChI is InChI=1S/C22H29NO3/c24-20(18-14-1-2-15(17-6-16(14)17)19(18)21(25)26)23-10-22-7-11-3-12(8-22)5-13(4-11)9-22/h1-2,11-19H,3-10H2,(H,23,24)(H,25,26)/t11?,12?,13?,14-,15+,16-,17+,18-,19+,22?/m0/s1. The Morgan fingerprint density at radius 3 is 1.96 bits per heavy atom. The topological polar surface area (TPSA) is 66.4 Å². The zero-order valence-corrected chi connectivity index (χ0v) is 15.3. The van der Waals surface area contributed by atoms with Crippen molar-refractivity contribution < 1.29 is 14.7 Å². The quantitative estimate of drug-likeness (QED) is 0.762. The van der Waals surface area contributed by atoms with Gasteiger partial charge in [0.2, 0.25) is 5.91 Å². The number of carboxylic acid groups (broad SMARTS) is 1. The van der Waals surface area contributed by atoms with Crippen molar-refractivity contribution in [3.8, 4) is 0 Å². The molecule has 0 aromatic carbocycles. The average Bonchev–Trinajstić information content (AvgIpc) is 3.40. The van der Waals surface area contributed by atoms with Crippen LogP contribution in [0.3, 0.4) is 0 Å². The van der Waals surface area contributed by atoms with Crippen molar-refractivity contribution in [2.75, 3.05) is 6.54 Å². The SMILES string of the molecule is O=C(O)[C@@H]1[C@@H]2C=C[C@@H]([C@@H]3C[C@H]23)[C@@H]1C(=O)NCC12CC3CC(CC(C3)C1)C2. The summed E-state index contributed by atoms with van der Waals surface area (Å²) >= 11 is 0. The second-order valence-electron chi connectivity index (χ2n) is 10.6. The first-order chi connectivity index (χ1) is 12.5. The predicted molar refractivity (Wildman–Crippen MR) is 95.9 cm³/mol. The van der Waals surface area contributed by atoms with E-state index in [9.17, 15) is 14.7 Å². The molecule has 140 valence electrons. The van der Waals surface area contributed by atoms with E-state index < -0.39 is 11.9 Å². The second kappa shape index (κ2) is 5.14. The minimum Gasteiger partial charge on any atom is -0.481 e. The molecule has 6 bridgehead atoms. The molecular weight excluding hydrogens is 326 g/mol. The largest absolute Gasteiger partial charge is 0.481 e. The molecule has 4 heteroatoms.